The average molecular weight is 287 g/mol. The fraction of sp³-hybridized carbons (Fsp3) is 0.333. The van der Waals surface area contributed by atoms with E-state index >= 15 is 0 Å². The van der Waals surface area contributed by atoms with E-state index in [1.165, 1.54) is 29.0 Å². The van der Waals surface area contributed by atoms with E-state index in [4.69, 9.17) is 5.73 Å². The molecule has 1 rings (SSSR count). The number of thiocarbonyl (C=S) groups is 1. The molecule has 0 radical (unpaired) electrons. The fourth-order valence-corrected chi connectivity index (χ4v) is 1.61. The summed E-state index contributed by atoms with van der Waals surface area (Å²) in [5.74, 6) is -2.39. The molecule has 7 heteroatoms. The smallest absolute Gasteiger partial charge is 0.241 e. The van der Waals surface area contributed by atoms with Gasteiger partial charge in [-0.1, -0.05) is 12.2 Å². The third-order valence-electron chi connectivity index (χ3n) is 2.61. The van der Waals surface area contributed by atoms with Crippen molar-refractivity contribution < 1.29 is 13.6 Å². The number of nitrogens with zero attached hydrogens (tertiary/aromatic N) is 2. The van der Waals surface area contributed by atoms with Gasteiger partial charge < -0.3 is 15.5 Å². The molecule has 0 spiro atoms. The Morgan fingerprint density at radius 3 is 2.32 bits per heavy atom. The average Bonchev–Trinajstić information content (AvgIpc) is 2.31. The standard InChI is InChI=1S/C12H15F2N3OS/c1-16(2)9(18)6-17(3)8-5-4-7(12(15)19)10(13)11(8)14/h4-5H,6H2,1-3H3,(H2,15,19). The zero-order chi connectivity index (χ0) is 14.7. The molecule has 104 valence electrons. The highest BCUT2D eigenvalue weighted by Crippen LogP contribution is 2.23. The van der Waals surface area contributed by atoms with Crippen LogP contribution >= 0.6 is 12.2 Å². The van der Waals surface area contributed by atoms with Gasteiger partial charge in [-0.15, -0.1) is 0 Å². The maximum Gasteiger partial charge on any atom is 0.241 e. The maximum absolute atomic E-state index is 13.9. The number of nitrogens with two attached hydrogens (primary N) is 1. The van der Waals surface area contributed by atoms with E-state index in [2.05, 4.69) is 12.2 Å². The second-order valence-electron chi connectivity index (χ2n) is 4.27. The molecule has 0 fully saturated rings. The van der Waals surface area contributed by atoms with Crippen molar-refractivity contribution in [3.05, 3.63) is 29.3 Å². The van der Waals surface area contributed by atoms with Crippen molar-refractivity contribution in [1.29, 1.82) is 0 Å². The van der Waals surface area contributed by atoms with Crippen molar-refractivity contribution in [2.45, 2.75) is 0 Å². The number of carbonyl (C=O) groups excluding carboxylic acids is 1. The van der Waals surface area contributed by atoms with Crippen LogP contribution in [0.25, 0.3) is 0 Å². The van der Waals surface area contributed by atoms with Gasteiger partial charge in [-0.3, -0.25) is 4.79 Å². The molecule has 0 unspecified atom stereocenters. The van der Waals surface area contributed by atoms with Crippen LogP contribution in [0.2, 0.25) is 0 Å². The molecule has 0 heterocycles. The van der Waals surface area contributed by atoms with Gasteiger partial charge in [0.15, 0.2) is 11.6 Å². The molecule has 1 amide bonds. The Morgan fingerprint density at radius 2 is 1.84 bits per heavy atom. The third kappa shape index (κ3) is 3.37. The van der Waals surface area contributed by atoms with Crippen LogP contribution in [0, 0.1) is 11.6 Å². The van der Waals surface area contributed by atoms with Crippen LogP contribution in [0.5, 0.6) is 0 Å². The molecule has 0 aliphatic rings. The van der Waals surface area contributed by atoms with Crippen molar-refractivity contribution in [2.24, 2.45) is 5.73 Å². The summed E-state index contributed by atoms with van der Waals surface area (Å²) in [5.41, 5.74) is 5.11. The molecule has 2 N–H and O–H groups in total. The molecular weight excluding hydrogens is 272 g/mol. The molecule has 19 heavy (non-hydrogen) atoms. The summed E-state index contributed by atoms with van der Waals surface area (Å²) in [6.45, 7) is -0.0597. The van der Waals surface area contributed by atoms with E-state index in [0.717, 1.165) is 0 Å². The molecule has 0 atom stereocenters. The molecule has 0 aliphatic carbocycles. The number of hydrogen-bond donors (Lipinski definition) is 1. The van der Waals surface area contributed by atoms with Crippen molar-refractivity contribution in [1.82, 2.24) is 4.90 Å². The first-order valence-electron chi connectivity index (χ1n) is 5.44. The van der Waals surface area contributed by atoms with Gasteiger partial charge in [-0.05, 0) is 12.1 Å². The predicted molar refractivity (Wildman–Crippen MR) is 74.2 cm³/mol. The van der Waals surface area contributed by atoms with Gasteiger partial charge in [0.1, 0.15) is 4.99 Å². The molecule has 0 saturated carbocycles. The lowest BCUT2D eigenvalue weighted by atomic mass is 10.1. The van der Waals surface area contributed by atoms with E-state index < -0.39 is 11.6 Å². The van der Waals surface area contributed by atoms with E-state index in [1.54, 1.807) is 14.1 Å². The molecule has 0 bridgehead atoms. The summed E-state index contributed by atoms with van der Waals surface area (Å²) in [6.07, 6.45) is 0. The second-order valence-corrected chi connectivity index (χ2v) is 4.71. The minimum absolute atomic E-state index is 0.0206. The zero-order valence-corrected chi connectivity index (χ0v) is 11.7. The number of amides is 1. The minimum Gasteiger partial charge on any atom is -0.389 e. The van der Waals surface area contributed by atoms with Crippen LogP contribution < -0.4 is 10.6 Å². The van der Waals surface area contributed by atoms with Crippen molar-refractivity contribution >= 4 is 28.8 Å². The van der Waals surface area contributed by atoms with Gasteiger partial charge in [0.05, 0.1) is 12.2 Å². The van der Waals surface area contributed by atoms with Crippen molar-refractivity contribution in [3.63, 3.8) is 0 Å². The van der Waals surface area contributed by atoms with Gasteiger partial charge in [0, 0.05) is 26.7 Å². The van der Waals surface area contributed by atoms with Crippen LogP contribution in [0.1, 0.15) is 5.56 Å². The summed E-state index contributed by atoms with van der Waals surface area (Å²) in [5, 5.41) is 0. The lowest BCUT2D eigenvalue weighted by Gasteiger charge is -2.22. The number of likely N-dealkylation sites (N-methyl/N-ethyl adjacent to an activating group) is 2. The van der Waals surface area contributed by atoms with Gasteiger partial charge >= 0.3 is 0 Å². The monoisotopic (exact) mass is 287 g/mol. The second kappa shape index (κ2) is 5.92. The maximum atomic E-state index is 13.9. The van der Waals surface area contributed by atoms with Crippen LogP contribution in [-0.2, 0) is 4.79 Å². The zero-order valence-electron chi connectivity index (χ0n) is 10.9. The van der Waals surface area contributed by atoms with E-state index in [0.29, 0.717) is 0 Å². The van der Waals surface area contributed by atoms with Gasteiger partial charge in [0.2, 0.25) is 5.91 Å². The van der Waals surface area contributed by atoms with Crippen LogP contribution in [-0.4, -0.2) is 43.5 Å². The van der Waals surface area contributed by atoms with Crippen molar-refractivity contribution in [3.8, 4) is 0 Å². The normalized spacial score (nSPS) is 10.2. The van der Waals surface area contributed by atoms with Crippen LogP contribution in [0.15, 0.2) is 12.1 Å². The van der Waals surface area contributed by atoms with E-state index in [-0.39, 0.29) is 28.7 Å². The summed E-state index contributed by atoms with van der Waals surface area (Å²) in [7, 11) is 4.67. The molecule has 1 aromatic carbocycles. The Balaban J connectivity index is 3.06. The topological polar surface area (TPSA) is 49.6 Å². The summed E-state index contributed by atoms with van der Waals surface area (Å²) in [6, 6.07) is 2.64. The Labute approximate surface area is 115 Å². The van der Waals surface area contributed by atoms with Crippen LogP contribution in [0.4, 0.5) is 14.5 Å². The first-order valence-corrected chi connectivity index (χ1v) is 5.85. The number of rotatable bonds is 4. The summed E-state index contributed by atoms with van der Waals surface area (Å²) in [4.78, 5) is 14.0. The number of hydrogen-bond acceptors (Lipinski definition) is 3. The fourth-order valence-electron chi connectivity index (χ4n) is 1.45. The number of carbonyl (C=O) groups is 1. The quantitative estimate of drug-likeness (QED) is 0.843. The van der Waals surface area contributed by atoms with Crippen molar-refractivity contribution in [2.75, 3.05) is 32.6 Å². The Hall–Kier alpha value is -1.76. The first-order chi connectivity index (χ1) is 8.75. The number of anilines is 1. The van der Waals surface area contributed by atoms with Gasteiger partial charge in [-0.25, -0.2) is 8.78 Å². The van der Waals surface area contributed by atoms with Gasteiger partial charge in [-0.2, -0.15) is 0 Å². The summed E-state index contributed by atoms with van der Waals surface area (Å²) < 4.78 is 27.6. The Bertz CT molecular complexity index is 520. The Kier molecular flexibility index (Phi) is 4.77. The lowest BCUT2D eigenvalue weighted by molar-refractivity contribution is -0.127. The predicted octanol–water partition coefficient (Wildman–Crippen LogP) is 1.12. The highest BCUT2D eigenvalue weighted by Gasteiger charge is 2.19. The highest BCUT2D eigenvalue weighted by atomic mass is 32.1. The first kappa shape index (κ1) is 15.3. The molecule has 0 aliphatic heterocycles. The SMILES string of the molecule is CN(C)C(=O)CN(C)c1ccc(C(N)=S)c(F)c1F. The molecule has 4 nitrogen and oxygen atoms in total. The number of halogens is 2. The van der Waals surface area contributed by atoms with Crippen LogP contribution in [0.3, 0.4) is 0 Å². The molecule has 0 saturated heterocycles. The molecular formula is C12H15F2N3OS. The van der Waals surface area contributed by atoms with E-state index in [1.807, 2.05) is 0 Å². The third-order valence-corrected chi connectivity index (χ3v) is 2.83. The molecule has 0 aromatic heterocycles. The minimum atomic E-state index is -1.10. The molecule has 1 aromatic rings. The lowest BCUT2D eigenvalue weighted by Crippen LogP contribution is -2.35. The van der Waals surface area contributed by atoms with E-state index in [9.17, 15) is 13.6 Å². The Morgan fingerprint density at radius 1 is 1.26 bits per heavy atom. The largest absolute Gasteiger partial charge is 0.389 e. The number of benzene rings is 1. The summed E-state index contributed by atoms with van der Waals surface area (Å²) >= 11 is 4.62. The highest BCUT2D eigenvalue weighted by molar-refractivity contribution is 7.80. The van der Waals surface area contributed by atoms with Gasteiger partial charge in [0.25, 0.3) is 0 Å².